The second-order valence-electron chi connectivity index (χ2n) is 7.77. The fourth-order valence-electron chi connectivity index (χ4n) is 3.52. The molecule has 8 nitrogen and oxygen atoms in total. The van der Waals surface area contributed by atoms with E-state index in [4.69, 9.17) is 4.52 Å². The normalized spacial score (nSPS) is 16.2. The van der Waals surface area contributed by atoms with E-state index in [0.29, 0.717) is 18.2 Å². The molecule has 1 atom stereocenters. The van der Waals surface area contributed by atoms with Crippen molar-refractivity contribution in [3.8, 4) is 11.3 Å². The average Bonchev–Trinajstić information content (AvgIpc) is 3.28. The highest BCUT2D eigenvalue weighted by Crippen LogP contribution is 2.19. The number of hydrogen-bond acceptors (Lipinski definition) is 6. The molecule has 1 aromatic carbocycles. The van der Waals surface area contributed by atoms with E-state index >= 15 is 0 Å². The zero-order valence-corrected chi connectivity index (χ0v) is 17.8. The van der Waals surface area contributed by atoms with Gasteiger partial charge in [-0.1, -0.05) is 49.3 Å². The van der Waals surface area contributed by atoms with Gasteiger partial charge in [-0.2, -0.15) is 0 Å². The molecule has 0 radical (unpaired) electrons. The standard InChI is InChI=1S/C22H31N5O3/c1-3-26-9-11-27(12-10-26)16-17(2)14-23-21(28)15-24-22(29)19-13-20(30-25-19)18-7-5-4-6-8-18/h4-8,13,17H,3,9-12,14-16H2,1-2H3,(H,23,28)(H,24,29). The molecule has 8 heteroatoms. The third-order valence-corrected chi connectivity index (χ3v) is 5.34. The highest BCUT2D eigenvalue weighted by atomic mass is 16.5. The number of hydrogen-bond donors (Lipinski definition) is 2. The van der Waals surface area contributed by atoms with Gasteiger partial charge < -0.3 is 25.0 Å². The van der Waals surface area contributed by atoms with Crippen LogP contribution in [0.4, 0.5) is 0 Å². The Morgan fingerprint density at radius 2 is 1.80 bits per heavy atom. The van der Waals surface area contributed by atoms with Crippen molar-refractivity contribution in [1.82, 2.24) is 25.6 Å². The van der Waals surface area contributed by atoms with Crippen LogP contribution in [0.15, 0.2) is 40.9 Å². The fraction of sp³-hybridized carbons (Fsp3) is 0.500. The van der Waals surface area contributed by atoms with Crippen molar-refractivity contribution in [2.75, 3.05) is 52.4 Å². The average molecular weight is 414 g/mol. The second kappa shape index (κ2) is 10.9. The van der Waals surface area contributed by atoms with Gasteiger partial charge in [0.25, 0.3) is 5.91 Å². The number of benzene rings is 1. The highest BCUT2D eigenvalue weighted by molar-refractivity contribution is 5.95. The number of carbonyl (C=O) groups is 2. The number of nitrogens with zero attached hydrogens (tertiary/aromatic N) is 3. The van der Waals surface area contributed by atoms with E-state index in [-0.39, 0.29) is 18.1 Å². The number of rotatable bonds is 9. The van der Waals surface area contributed by atoms with E-state index in [1.807, 2.05) is 30.3 Å². The molecule has 30 heavy (non-hydrogen) atoms. The Labute approximate surface area is 177 Å². The molecule has 162 valence electrons. The number of aromatic nitrogens is 1. The smallest absolute Gasteiger partial charge is 0.273 e. The third kappa shape index (κ3) is 6.40. The van der Waals surface area contributed by atoms with Crippen molar-refractivity contribution < 1.29 is 14.1 Å². The second-order valence-corrected chi connectivity index (χ2v) is 7.77. The minimum absolute atomic E-state index is 0.0890. The third-order valence-electron chi connectivity index (χ3n) is 5.34. The van der Waals surface area contributed by atoms with Gasteiger partial charge in [0.05, 0.1) is 6.54 Å². The Hall–Kier alpha value is -2.71. The van der Waals surface area contributed by atoms with Crippen molar-refractivity contribution in [1.29, 1.82) is 0 Å². The van der Waals surface area contributed by atoms with Crippen LogP contribution in [0.1, 0.15) is 24.3 Å². The molecule has 1 fully saturated rings. The molecule has 3 rings (SSSR count). The summed E-state index contributed by atoms with van der Waals surface area (Å²) in [5.41, 5.74) is 0.994. The van der Waals surface area contributed by atoms with Gasteiger partial charge in [-0.05, 0) is 12.5 Å². The van der Waals surface area contributed by atoms with Crippen LogP contribution >= 0.6 is 0 Å². The molecular weight excluding hydrogens is 382 g/mol. The number of nitrogens with one attached hydrogen (secondary N) is 2. The largest absolute Gasteiger partial charge is 0.355 e. The number of carbonyl (C=O) groups excluding carboxylic acids is 2. The quantitative estimate of drug-likeness (QED) is 0.647. The van der Waals surface area contributed by atoms with Crippen LogP contribution in [0.2, 0.25) is 0 Å². The van der Waals surface area contributed by atoms with E-state index in [1.165, 1.54) is 0 Å². The van der Waals surface area contributed by atoms with Crippen molar-refractivity contribution >= 4 is 11.8 Å². The summed E-state index contributed by atoms with van der Waals surface area (Å²) < 4.78 is 5.22. The lowest BCUT2D eigenvalue weighted by Crippen LogP contribution is -2.48. The molecule has 1 unspecified atom stereocenters. The lowest BCUT2D eigenvalue weighted by molar-refractivity contribution is -0.120. The first-order valence-electron chi connectivity index (χ1n) is 10.6. The molecule has 0 bridgehead atoms. The molecular formula is C22H31N5O3. The van der Waals surface area contributed by atoms with Crippen LogP contribution in [0.5, 0.6) is 0 Å². The van der Waals surface area contributed by atoms with Gasteiger partial charge in [-0.3, -0.25) is 9.59 Å². The van der Waals surface area contributed by atoms with Gasteiger partial charge in [0.1, 0.15) is 0 Å². The van der Waals surface area contributed by atoms with Crippen molar-refractivity contribution in [3.63, 3.8) is 0 Å². The molecule has 0 saturated carbocycles. The molecule has 0 spiro atoms. The van der Waals surface area contributed by atoms with Crippen LogP contribution in [0.25, 0.3) is 11.3 Å². The van der Waals surface area contributed by atoms with Gasteiger partial charge in [-0.15, -0.1) is 0 Å². The van der Waals surface area contributed by atoms with Crippen molar-refractivity contribution in [3.05, 3.63) is 42.1 Å². The fourth-order valence-corrected chi connectivity index (χ4v) is 3.52. The maximum absolute atomic E-state index is 12.2. The Morgan fingerprint density at radius 3 is 2.50 bits per heavy atom. The van der Waals surface area contributed by atoms with Crippen molar-refractivity contribution in [2.45, 2.75) is 13.8 Å². The minimum atomic E-state index is -0.432. The molecule has 1 aromatic heterocycles. The summed E-state index contributed by atoms with van der Waals surface area (Å²) in [5, 5.41) is 9.28. The monoisotopic (exact) mass is 413 g/mol. The predicted molar refractivity (Wildman–Crippen MR) is 115 cm³/mol. The van der Waals surface area contributed by atoms with Crippen LogP contribution in [-0.2, 0) is 4.79 Å². The predicted octanol–water partition coefficient (Wildman–Crippen LogP) is 1.46. The van der Waals surface area contributed by atoms with Gasteiger partial charge >= 0.3 is 0 Å². The summed E-state index contributed by atoms with van der Waals surface area (Å²) >= 11 is 0. The lowest BCUT2D eigenvalue weighted by atomic mass is 10.1. The number of amides is 2. The maximum Gasteiger partial charge on any atom is 0.273 e. The van der Waals surface area contributed by atoms with Gasteiger partial charge in [0, 0.05) is 50.9 Å². The SMILES string of the molecule is CCN1CCN(CC(C)CNC(=O)CNC(=O)c2cc(-c3ccccc3)on2)CC1. The van der Waals surface area contributed by atoms with Gasteiger partial charge in [0.15, 0.2) is 11.5 Å². The van der Waals surface area contributed by atoms with E-state index in [0.717, 1.165) is 44.8 Å². The topological polar surface area (TPSA) is 90.7 Å². The minimum Gasteiger partial charge on any atom is -0.355 e. The molecule has 2 N–H and O–H groups in total. The molecule has 0 aliphatic carbocycles. The van der Waals surface area contributed by atoms with Gasteiger partial charge in [-0.25, -0.2) is 0 Å². The first kappa shape index (κ1) is 22.0. The molecule has 2 aromatic rings. The Balaban J connectivity index is 1.35. The molecule has 1 aliphatic heterocycles. The van der Waals surface area contributed by atoms with E-state index in [9.17, 15) is 9.59 Å². The first-order chi connectivity index (χ1) is 14.5. The molecule has 2 heterocycles. The Bertz CT molecular complexity index is 815. The summed E-state index contributed by atoms with van der Waals surface area (Å²) in [6, 6.07) is 11.0. The van der Waals surface area contributed by atoms with E-state index in [1.54, 1.807) is 6.07 Å². The van der Waals surface area contributed by atoms with E-state index in [2.05, 4.69) is 39.4 Å². The lowest BCUT2D eigenvalue weighted by Gasteiger charge is -2.35. The Kier molecular flexibility index (Phi) is 7.98. The van der Waals surface area contributed by atoms with Crippen LogP contribution < -0.4 is 10.6 Å². The Morgan fingerprint density at radius 1 is 1.10 bits per heavy atom. The van der Waals surface area contributed by atoms with Crippen LogP contribution in [0, 0.1) is 5.92 Å². The van der Waals surface area contributed by atoms with Crippen molar-refractivity contribution in [2.24, 2.45) is 5.92 Å². The number of piperazine rings is 1. The zero-order valence-electron chi connectivity index (χ0n) is 17.8. The van der Waals surface area contributed by atoms with Gasteiger partial charge in [0.2, 0.25) is 5.91 Å². The summed E-state index contributed by atoms with van der Waals surface area (Å²) in [6.45, 7) is 11.3. The van der Waals surface area contributed by atoms with Crippen LogP contribution in [-0.4, -0.2) is 79.1 Å². The summed E-state index contributed by atoms with van der Waals surface area (Å²) in [6.07, 6.45) is 0. The number of likely N-dealkylation sites (N-methyl/N-ethyl adjacent to an activating group) is 1. The maximum atomic E-state index is 12.2. The summed E-state index contributed by atoms with van der Waals surface area (Å²) in [7, 11) is 0. The first-order valence-corrected chi connectivity index (χ1v) is 10.6. The summed E-state index contributed by atoms with van der Waals surface area (Å²) in [4.78, 5) is 29.2. The van der Waals surface area contributed by atoms with Crippen LogP contribution in [0.3, 0.4) is 0 Å². The zero-order chi connectivity index (χ0) is 21.3. The molecule has 1 saturated heterocycles. The summed E-state index contributed by atoms with van der Waals surface area (Å²) in [5.74, 6) is 0.219. The molecule has 2 amide bonds. The van der Waals surface area contributed by atoms with E-state index < -0.39 is 5.91 Å². The molecule has 1 aliphatic rings. The highest BCUT2D eigenvalue weighted by Gasteiger charge is 2.18.